The van der Waals surface area contributed by atoms with Crippen LogP contribution in [-0.4, -0.2) is 39.0 Å². The Hall–Kier alpha value is -1.61. The summed E-state index contributed by atoms with van der Waals surface area (Å²) in [4.78, 5) is 9.49. The highest BCUT2D eigenvalue weighted by Gasteiger charge is 2.46. The first kappa shape index (κ1) is 18.7. The molecule has 1 aromatic rings. The van der Waals surface area contributed by atoms with E-state index in [1.807, 2.05) is 0 Å². The molecular weight excluding hydrogens is 347 g/mol. The van der Waals surface area contributed by atoms with Gasteiger partial charge in [-0.2, -0.15) is 13.2 Å². The summed E-state index contributed by atoms with van der Waals surface area (Å²) >= 11 is 0. The second-order valence-corrected chi connectivity index (χ2v) is 7.53. The molecule has 24 heavy (non-hydrogen) atoms. The van der Waals surface area contributed by atoms with Gasteiger partial charge >= 0.3 is 5.51 Å². The van der Waals surface area contributed by atoms with Crippen LogP contribution < -0.4 is 5.32 Å². The maximum atomic E-state index is 12.5. The molecule has 1 aromatic carbocycles. The molecule has 0 heterocycles. The first-order valence-electron chi connectivity index (χ1n) is 7.47. The van der Waals surface area contributed by atoms with Gasteiger partial charge in [-0.3, -0.25) is 0 Å². The van der Waals surface area contributed by atoms with Crippen LogP contribution >= 0.6 is 0 Å². The number of benzene rings is 1. The highest BCUT2D eigenvalue weighted by Crippen LogP contribution is 2.31. The molecule has 0 bridgehead atoms. The van der Waals surface area contributed by atoms with E-state index in [4.69, 9.17) is 4.74 Å². The van der Waals surface area contributed by atoms with Crippen LogP contribution in [0.4, 0.5) is 18.9 Å². The lowest BCUT2D eigenvalue weighted by molar-refractivity contribution is -0.114. The maximum absolute atomic E-state index is 12.5. The molecule has 1 N–H and O–H groups in total. The topological polar surface area (TPSA) is 72.5 Å². The third-order valence-electron chi connectivity index (χ3n) is 3.91. The van der Waals surface area contributed by atoms with Gasteiger partial charge in [-0.1, -0.05) is 0 Å². The molecule has 0 aliphatic heterocycles. The lowest BCUT2D eigenvalue weighted by Gasteiger charge is -2.29. The second kappa shape index (κ2) is 7.52. The average molecular weight is 365 g/mol. The lowest BCUT2D eigenvalue weighted by Crippen LogP contribution is -2.30. The van der Waals surface area contributed by atoms with Crippen molar-refractivity contribution in [3.63, 3.8) is 0 Å². The van der Waals surface area contributed by atoms with Crippen LogP contribution in [0.2, 0.25) is 0 Å². The van der Waals surface area contributed by atoms with Gasteiger partial charge in [-0.05, 0) is 49.9 Å². The van der Waals surface area contributed by atoms with Crippen LogP contribution in [0.15, 0.2) is 29.2 Å². The number of ether oxygens (including phenoxy) is 1. The molecule has 0 atom stereocenters. The van der Waals surface area contributed by atoms with Gasteiger partial charge in [0.05, 0.1) is 11.0 Å². The maximum Gasteiger partial charge on any atom is 0.501 e. The Labute approximate surface area is 138 Å². The van der Waals surface area contributed by atoms with Crippen LogP contribution in [0.1, 0.15) is 25.7 Å². The minimum absolute atomic E-state index is 0.0487. The SMILES string of the molecule is O=CCOC1CCC(Nc2ccc(S(=O)(=O)C(F)(F)F)cc2)CC1. The van der Waals surface area contributed by atoms with Crippen LogP contribution in [0.3, 0.4) is 0 Å². The van der Waals surface area contributed by atoms with E-state index in [2.05, 4.69) is 5.32 Å². The summed E-state index contributed by atoms with van der Waals surface area (Å²) < 4.78 is 65.4. The first-order chi connectivity index (χ1) is 11.2. The summed E-state index contributed by atoms with van der Waals surface area (Å²) in [5.41, 5.74) is -4.74. The van der Waals surface area contributed by atoms with Gasteiger partial charge < -0.3 is 14.8 Å². The van der Waals surface area contributed by atoms with Crippen molar-refractivity contribution in [2.45, 2.75) is 48.2 Å². The summed E-state index contributed by atoms with van der Waals surface area (Å²) in [6.45, 7) is 0.0813. The van der Waals surface area contributed by atoms with E-state index in [9.17, 15) is 26.4 Å². The first-order valence-corrected chi connectivity index (χ1v) is 8.95. The molecular formula is C15H18F3NO4S. The molecule has 5 nitrogen and oxygen atoms in total. The number of rotatable bonds is 6. The van der Waals surface area contributed by atoms with Crippen molar-refractivity contribution in [2.24, 2.45) is 0 Å². The Morgan fingerprint density at radius 1 is 1.12 bits per heavy atom. The van der Waals surface area contributed by atoms with Crippen molar-refractivity contribution >= 4 is 21.8 Å². The number of carbonyl (C=O) groups excluding carboxylic acids is 1. The average Bonchev–Trinajstić information content (AvgIpc) is 2.54. The van der Waals surface area contributed by atoms with Crippen molar-refractivity contribution in [3.05, 3.63) is 24.3 Å². The minimum atomic E-state index is -5.32. The van der Waals surface area contributed by atoms with Crippen molar-refractivity contribution in [1.82, 2.24) is 0 Å². The Morgan fingerprint density at radius 3 is 2.21 bits per heavy atom. The third-order valence-corrected chi connectivity index (χ3v) is 5.42. The van der Waals surface area contributed by atoms with Crippen LogP contribution in [0.25, 0.3) is 0 Å². The van der Waals surface area contributed by atoms with Gasteiger partial charge in [0, 0.05) is 11.7 Å². The van der Waals surface area contributed by atoms with E-state index < -0.39 is 20.2 Å². The summed E-state index contributed by atoms with van der Waals surface area (Å²) in [5, 5.41) is 3.17. The molecule has 1 saturated carbocycles. The van der Waals surface area contributed by atoms with Crippen LogP contribution in [0, 0.1) is 0 Å². The number of nitrogens with one attached hydrogen (secondary N) is 1. The Morgan fingerprint density at radius 2 is 1.71 bits per heavy atom. The number of aldehydes is 1. The zero-order chi connectivity index (χ0) is 17.8. The molecule has 0 amide bonds. The number of halogens is 3. The van der Waals surface area contributed by atoms with Crippen LogP contribution in [0.5, 0.6) is 0 Å². The van der Waals surface area contributed by atoms with Crippen molar-refractivity contribution in [3.8, 4) is 0 Å². The smallest absolute Gasteiger partial charge is 0.382 e. The molecule has 0 saturated heterocycles. The quantitative estimate of drug-likeness (QED) is 0.785. The Kier molecular flexibility index (Phi) is 5.87. The predicted octanol–water partition coefficient (Wildman–Crippen LogP) is 2.92. The largest absolute Gasteiger partial charge is 0.501 e. The molecule has 0 spiro atoms. The van der Waals surface area contributed by atoms with Gasteiger partial charge in [0.15, 0.2) is 0 Å². The lowest BCUT2D eigenvalue weighted by atomic mass is 9.93. The highest BCUT2D eigenvalue weighted by molar-refractivity contribution is 7.92. The molecule has 0 unspecified atom stereocenters. The molecule has 1 aliphatic carbocycles. The zero-order valence-electron chi connectivity index (χ0n) is 12.8. The molecule has 9 heteroatoms. The fraction of sp³-hybridized carbons (Fsp3) is 0.533. The third kappa shape index (κ3) is 4.47. The zero-order valence-corrected chi connectivity index (χ0v) is 13.6. The predicted molar refractivity (Wildman–Crippen MR) is 81.4 cm³/mol. The Balaban J connectivity index is 1.93. The molecule has 1 fully saturated rings. The number of hydrogen-bond acceptors (Lipinski definition) is 5. The second-order valence-electron chi connectivity index (χ2n) is 5.59. The van der Waals surface area contributed by atoms with Gasteiger partial charge in [-0.25, -0.2) is 8.42 Å². The van der Waals surface area contributed by atoms with E-state index >= 15 is 0 Å². The van der Waals surface area contributed by atoms with E-state index in [1.165, 1.54) is 12.1 Å². The van der Waals surface area contributed by atoms with Gasteiger partial charge in [0.25, 0.3) is 9.84 Å². The molecule has 2 rings (SSSR count). The number of sulfone groups is 1. The van der Waals surface area contributed by atoms with E-state index in [0.29, 0.717) is 12.0 Å². The van der Waals surface area contributed by atoms with E-state index in [1.54, 1.807) is 0 Å². The summed E-state index contributed by atoms with van der Waals surface area (Å²) in [6, 6.07) is 4.68. The van der Waals surface area contributed by atoms with E-state index in [-0.39, 0.29) is 18.8 Å². The number of hydrogen-bond donors (Lipinski definition) is 1. The summed E-state index contributed by atoms with van der Waals surface area (Å²) in [7, 11) is -5.32. The van der Waals surface area contributed by atoms with Gasteiger partial charge in [0.2, 0.25) is 0 Å². The van der Waals surface area contributed by atoms with Crippen molar-refractivity contribution in [1.29, 1.82) is 0 Å². The van der Waals surface area contributed by atoms with E-state index in [0.717, 1.165) is 37.8 Å². The molecule has 1 aliphatic rings. The normalized spacial score (nSPS) is 22.1. The standard InChI is InChI=1S/C15H18F3NO4S/c16-15(17,18)24(21,22)14-7-3-12(4-8-14)19-11-1-5-13(6-2-11)23-10-9-20/h3-4,7-9,11,13,19H,1-2,5-6,10H2. The Bertz CT molecular complexity index is 650. The summed E-state index contributed by atoms with van der Waals surface area (Å²) in [6.07, 6.45) is 3.92. The van der Waals surface area contributed by atoms with Gasteiger partial charge in [-0.15, -0.1) is 0 Å². The monoisotopic (exact) mass is 365 g/mol. The van der Waals surface area contributed by atoms with Crippen molar-refractivity contribution < 1.29 is 31.1 Å². The summed E-state index contributed by atoms with van der Waals surface area (Å²) in [5.74, 6) is 0. The fourth-order valence-electron chi connectivity index (χ4n) is 2.65. The fourth-order valence-corrected chi connectivity index (χ4v) is 3.41. The van der Waals surface area contributed by atoms with Crippen molar-refractivity contribution in [2.75, 3.05) is 11.9 Å². The van der Waals surface area contributed by atoms with Crippen LogP contribution in [-0.2, 0) is 19.4 Å². The number of alkyl halides is 3. The number of anilines is 1. The number of carbonyl (C=O) groups is 1. The highest BCUT2D eigenvalue weighted by atomic mass is 32.2. The minimum Gasteiger partial charge on any atom is -0.382 e. The molecule has 134 valence electrons. The molecule has 0 aromatic heterocycles. The van der Waals surface area contributed by atoms with Gasteiger partial charge in [0.1, 0.15) is 12.9 Å². The molecule has 0 radical (unpaired) electrons.